The first-order valence-electron chi connectivity index (χ1n) is 10.3. The van der Waals surface area contributed by atoms with Gasteiger partial charge < -0.3 is 11.1 Å². The van der Waals surface area contributed by atoms with Gasteiger partial charge >= 0.3 is 0 Å². The van der Waals surface area contributed by atoms with Crippen molar-refractivity contribution in [2.45, 2.75) is 30.2 Å². The Morgan fingerprint density at radius 3 is 2.39 bits per heavy atom. The van der Waals surface area contributed by atoms with Crippen molar-refractivity contribution in [3.63, 3.8) is 0 Å². The summed E-state index contributed by atoms with van der Waals surface area (Å²) in [5.41, 5.74) is 7.89. The summed E-state index contributed by atoms with van der Waals surface area (Å²) in [6.45, 7) is 3.79. The molecule has 0 atom stereocenters. The lowest BCUT2D eigenvalue weighted by atomic mass is 10.1. The van der Waals surface area contributed by atoms with E-state index in [2.05, 4.69) is 42.5 Å². The number of rotatable bonds is 6. The van der Waals surface area contributed by atoms with E-state index in [0.717, 1.165) is 9.58 Å². The summed E-state index contributed by atoms with van der Waals surface area (Å²) >= 11 is 1.65. The number of nitrogens with zero attached hydrogens (tertiary/aromatic N) is 2. The molecule has 0 radical (unpaired) electrons. The van der Waals surface area contributed by atoms with E-state index in [0.29, 0.717) is 11.1 Å². The Hall–Kier alpha value is -3.91. The lowest BCUT2D eigenvalue weighted by molar-refractivity contribution is -0.117. The van der Waals surface area contributed by atoms with Gasteiger partial charge in [-0.15, -0.1) is 0 Å². The molecule has 0 spiro atoms. The summed E-state index contributed by atoms with van der Waals surface area (Å²) in [4.78, 5) is 39.3. The number of carbonyl (C=O) groups is 2. The highest BCUT2D eigenvalue weighted by molar-refractivity contribution is 7.99. The van der Waals surface area contributed by atoms with Gasteiger partial charge in [-0.2, -0.15) is 5.10 Å². The van der Waals surface area contributed by atoms with E-state index in [9.17, 15) is 14.4 Å². The number of aromatic nitrogens is 2. The fourth-order valence-electron chi connectivity index (χ4n) is 3.41. The molecular weight excluding hydrogens is 436 g/mol. The Labute approximate surface area is 194 Å². The van der Waals surface area contributed by atoms with Gasteiger partial charge in [0.1, 0.15) is 6.54 Å². The third kappa shape index (κ3) is 4.96. The van der Waals surface area contributed by atoms with Gasteiger partial charge in [-0.1, -0.05) is 42.1 Å². The van der Waals surface area contributed by atoms with Crippen LogP contribution in [0.4, 0.5) is 5.69 Å². The zero-order valence-corrected chi connectivity index (χ0v) is 19.0. The van der Waals surface area contributed by atoms with Crippen LogP contribution in [-0.2, 0) is 11.3 Å². The Kier molecular flexibility index (Phi) is 6.28. The highest BCUT2D eigenvalue weighted by Crippen LogP contribution is 2.31. The Morgan fingerprint density at radius 1 is 1.00 bits per heavy atom. The number of nitrogens with one attached hydrogen (secondary N) is 1. The number of amides is 2. The monoisotopic (exact) mass is 458 g/mol. The molecule has 3 aromatic carbocycles. The van der Waals surface area contributed by atoms with Gasteiger partial charge in [0.15, 0.2) is 5.69 Å². The van der Waals surface area contributed by atoms with Crippen LogP contribution in [-0.4, -0.2) is 21.6 Å². The number of benzene rings is 3. The lowest BCUT2D eigenvalue weighted by Crippen LogP contribution is -2.32. The molecule has 1 heterocycles. The van der Waals surface area contributed by atoms with E-state index in [1.807, 2.05) is 12.1 Å². The largest absolute Gasteiger partial charge is 0.364 e. The highest BCUT2D eigenvalue weighted by atomic mass is 32.2. The molecule has 8 heteroatoms. The van der Waals surface area contributed by atoms with Crippen molar-refractivity contribution in [1.82, 2.24) is 9.78 Å². The molecule has 0 aliphatic carbocycles. The Morgan fingerprint density at radius 2 is 1.70 bits per heavy atom. The molecule has 2 amide bonds. The van der Waals surface area contributed by atoms with Crippen LogP contribution in [0.2, 0.25) is 0 Å². The SMILES string of the molecule is Cc1ccc(C)c(Sc2ccc(NC(=O)Cn3nc(C(N)=O)c4ccccc4c3=O)cc2)c1. The number of aryl methyl sites for hydroxylation is 2. The van der Waals surface area contributed by atoms with Crippen molar-refractivity contribution in [2.24, 2.45) is 5.73 Å². The second-order valence-electron chi connectivity index (χ2n) is 7.66. The molecule has 3 N–H and O–H groups in total. The number of hydrogen-bond acceptors (Lipinski definition) is 5. The minimum Gasteiger partial charge on any atom is -0.364 e. The molecule has 7 nitrogen and oxygen atoms in total. The highest BCUT2D eigenvalue weighted by Gasteiger charge is 2.16. The molecule has 33 heavy (non-hydrogen) atoms. The fourth-order valence-corrected chi connectivity index (χ4v) is 4.41. The van der Waals surface area contributed by atoms with E-state index in [1.165, 1.54) is 16.0 Å². The summed E-state index contributed by atoms with van der Waals surface area (Å²) in [6, 6.07) is 20.3. The fraction of sp³-hybridized carbons (Fsp3) is 0.120. The smallest absolute Gasteiger partial charge is 0.275 e. The van der Waals surface area contributed by atoms with Crippen molar-refractivity contribution >= 4 is 40.0 Å². The minimum atomic E-state index is -0.766. The van der Waals surface area contributed by atoms with Gasteiger partial charge in [-0.05, 0) is 61.4 Å². The van der Waals surface area contributed by atoms with Crippen molar-refractivity contribution in [2.75, 3.05) is 5.32 Å². The molecule has 0 unspecified atom stereocenters. The van der Waals surface area contributed by atoms with Gasteiger partial charge in [-0.25, -0.2) is 4.68 Å². The number of hydrogen-bond donors (Lipinski definition) is 2. The minimum absolute atomic E-state index is 0.0502. The first-order valence-corrected chi connectivity index (χ1v) is 11.1. The van der Waals surface area contributed by atoms with Crippen molar-refractivity contribution in [3.8, 4) is 0 Å². The molecule has 0 aliphatic rings. The molecule has 4 aromatic rings. The third-order valence-corrected chi connectivity index (χ3v) is 6.27. The zero-order valence-electron chi connectivity index (χ0n) is 18.2. The molecule has 0 fully saturated rings. The zero-order chi connectivity index (χ0) is 23.5. The molecule has 166 valence electrons. The molecular formula is C25H22N4O3S. The second-order valence-corrected chi connectivity index (χ2v) is 8.78. The summed E-state index contributed by atoms with van der Waals surface area (Å²) in [5, 5.41) is 7.43. The van der Waals surface area contributed by atoms with Gasteiger partial charge in [-0.3, -0.25) is 14.4 Å². The van der Waals surface area contributed by atoms with Crippen LogP contribution in [0, 0.1) is 13.8 Å². The quantitative estimate of drug-likeness (QED) is 0.456. The molecule has 0 saturated carbocycles. The molecule has 0 aliphatic heterocycles. The number of primary amides is 1. The van der Waals surface area contributed by atoms with Crippen LogP contribution in [0.5, 0.6) is 0 Å². The van der Waals surface area contributed by atoms with Crippen LogP contribution >= 0.6 is 11.8 Å². The van der Waals surface area contributed by atoms with Crippen molar-refractivity contribution in [3.05, 3.63) is 93.9 Å². The maximum absolute atomic E-state index is 12.7. The first-order chi connectivity index (χ1) is 15.8. The second kappa shape index (κ2) is 9.30. The van der Waals surface area contributed by atoms with Gasteiger partial charge in [0.25, 0.3) is 11.5 Å². The predicted molar refractivity (Wildman–Crippen MR) is 130 cm³/mol. The molecule has 0 bridgehead atoms. The van der Waals surface area contributed by atoms with Gasteiger partial charge in [0.05, 0.1) is 5.39 Å². The number of carbonyl (C=O) groups excluding carboxylic acids is 2. The van der Waals surface area contributed by atoms with E-state index in [-0.39, 0.29) is 17.6 Å². The number of nitrogens with two attached hydrogens (primary N) is 1. The average Bonchev–Trinajstić information content (AvgIpc) is 2.79. The van der Waals surface area contributed by atoms with E-state index in [4.69, 9.17) is 5.73 Å². The summed E-state index contributed by atoms with van der Waals surface area (Å²) in [7, 11) is 0. The summed E-state index contributed by atoms with van der Waals surface area (Å²) in [6.07, 6.45) is 0. The molecule has 1 aromatic heterocycles. The topological polar surface area (TPSA) is 107 Å². The normalized spacial score (nSPS) is 10.8. The maximum Gasteiger partial charge on any atom is 0.275 e. The predicted octanol–water partition coefficient (Wildman–Crippen LogP) is 3.90. The Bertz CT molecular complexity index is 1430. The molecule has 4 rings (SSSR count). The third-order valence-electron chi connectivity index (χ3n) is 5.10. The van der Waals surface area contributed by atoms with Gasteiger partial charge in [0, 0.05) is 20.9 Å². The molecule has 0 saturated heterocycles. The van der Waals surface area contributed by atoms with Crippen LogP contribution < -0.4 is 16.6 Å². The van der Waals surface area contributed by atoms with Crippen molar-refractivity contribution in [1.29, 1.82) is 0 Å². The first kappa shape index (κ1) is 22.3. The number of anilines is 1. The summed E-state index contributed by atoms with van der Waals surface area (Å²) in [5.74, 6) is -1.21. The average molecular weight is 459 g/mol. The Balaban J connectivity index is 1.50. The van der Waals surface area contributed by atoms with Crippen LogP contribution in [0.25, 0.3) is 10.8 Å². The summed E-state index contributed by atoms with van der Waals surface area (Å²) < 4.78 is 0.961. The lowest BCUT2D eigenvalue weighted by Gasteiger charge is -2.11. The van der Waals surface area contributed by atoms with E-state index < -0.39 is 17.4 Å². The van der Waals surface area contributed by atoms with E-state index in [1.54, 1.807) is 48.2 Å². The van der Waals surface area contributed by atoms with Crippen LogP contribution in [0.3, 0.4) is 0 Å². The maximum atomic E-state index is 12.7. The van der Waals surface area contributed by atoms with Gasteiger partial charge in [0.2, 0.25) is 5.91 Å². The standard InChI is InChI=1S/C25H22N4O3S/c1-15-7-8-16(2)21(13-15)33-18-11-9-17(10-12-18)27-22(30)14-29-25(32)20-6-4-3-5-19(20)23(28-29)24(26)31/h3-13H,14H2,1-2H3,(H2,26,31)(H,27,30). The number of fused-ring (bicyclic) bond motifs is 1. The van der Waals surface area contributed by atoms with E-state index >= 15 is 0 Å². The van der Waals surface area contributed by atoms with Crippen LogP contribution in [0.15, 0.2) is 81.3 Å². The van der Waals surface area contributed by atoms with Crippen molar-refractivity contribution < 1.29 is 9.59 Å². The van der Waals surface area contributed by atoms with Crippen LogP contribution in [0.1, 0.15) is 21.6 Å².